The number of aryl methyl sites for hydroxylation is 2. The van der Waals surface area contributed by atoms with Crippen molar-refractivity contribution in [3.8, 4) is 0 Å². The molecule has 0 radical (unpaired) electrons. The lowest BCUT2D eigenvalue weighted by atomic mass is 10.1. The number of nitrogens with zero attached hydrogens (tertiary/aromatic N) is 2. The summed E-state index contributed by atoms with van der Waals surface area (Å²) in [5, 5.41) is 11.6. The molecule has 6 heteroatoms. The van der Waals surface area contributed by atoms with Gasteiger partial charge >= 0.3 is 0 Å². The third kappa shape index (κ3) is 4.61. The van der Waals surface area contributed by atoms with Gasteiger partial charge in [-0.05, 0) is 36.2 Å². The molecule has 1 amide bonds. The predicted molar refractivity (Wildman–Crippen MR) is 89.9 cm³/mol. The lowest BCUT2D eigenvalue weighted by Crippen LogP contribution is -2.27. The Morgan fingerprint density at radius 1 is 1.48 bits per heavy atom. The van der Waals surface area contributed by atoms with E-state index < -0.39 is 0 Å². The van der Waals surface area contributed by atoms with Gasteiger partial charge in [-0.1, -0.05) is 0 Å². The molecule has 2 heterocycles. The van der Waals surface area contributed by atoms with Crippen LogP contribution in [0.1, 0.15) is 22.5 Å². The molecule has 0 aliphatic heterocycles. The molecular formula is C15H21N3OS2. The molecule has 0 aliphatic rings. The summed E-state index contributed by atoms with van der Waals surface area (Å²) in [5.74, 6) is 2.03. The first-order valence-electron chi connectivity index (χ1n) is 6.92. The second kappa shape index (κ2) is 7.66. The van der Waals surface area contributed by atoms with E-state index in [2.05, 4.69) is 27.2 Å². The van der Waals surface area contributed by atoms with Crippen LogP contribution in [0.3, 0.4) is 0 Å². The van der Waals surface area contributed by atoms with Crippen molar-refractivity contribution in [3.63, 3.8) is 0 Å². The minimum atomic E-state index is 0.0744. The zero-order chi connectivity index (χ0) is 15.2. The number of amides is 1. The lowest BCUT2D eigenvalue weighted by Gasteiger charge is -2.05. The first-order valence-corrected chi connectivity index (χ1v) is 9.02. The Kier molecular flexibility index (Phi) is 5.87. The van der Waals surface area contributed by atoms with Gasteiger partial charge in [0.05, 0.1) is 12.1 Å². The summed E-state index contributed by atoms with van der Waals surface area (Å²) in [7, 11) is 1.91. The highest BCUT2D eigenvalue weighted by atomic mass is 32.2. The van der Waals surface area contributed by atoms with Crippen molar-refractivity contribution in [1.82, 2.24) is 15.1 Å². The van der Waals surface area contributed by atoms with Crippen molar-refractivity contribution >= 4 is 29.0 Å². The molecule has 21 heavy (non-hydrogen) atoms. The van der Waals surface area contributed by atoms with E-state index in [0.29, 0.717) is 13.0 Å². The quantitative estimate of drug-likeness (QED) is 0.797. The molecule has 0 spiro atoms. The molecule has 0 saturated heterocycles. The number of thioether (sulfide) groups is 1. The lowest BCUT2D eigenvalue weighted by molar-refractivity contribution is -0.120. The molecule has 0 bridgehead atoms. The molecule has 114 valence electrons. The van der Waals surface area contributed by atoms with Crippen molar-refractivity contribution in [1.29, 1.82) is 0 Å². The van der Waals surface area contributed by atoms with Gasteiger partial charge < -0.3 is 5.32 Å². The number of rotatable bonds is 7. The first kappa shape index (κ1) is 16.1. The van der Waals surface area contributed by atoms with Gasteiger partial charge in [0.15, 0.2) is 0 Å². The molecule has 0 unspecified atom stereocenters. The Balaban J connectivity index is 1.68. The summed E-state index contributed by atoms with van der Waals surface area (Å²) < 4.78 is 1.83. The number of nitrogens with one attached hydrogen (secondary N) is 1. The third-order valence-corrected chi connectivity index (χ3v) is 5.18. The fraction of sp³-hybridized carbons (Fsp3) is 0.467. The van der Waals surface area contributed by atoms with Gasteiger partial charge in [-0.15, -0.1) is 0 Å². The average Bonchev–Trinajstić information content (AvgIpc) is 3.03. The Hall–Kier alpha value is -1.27. The van der Waals surface area contributed by atoms with E-state index in [4.69, 9.17) is 0 Å². The van der Waals surface area contributed by atoms with Crippen LogP contribution in [-0.4, -0.2) is 28.0 Å². The molecule has 0 aromatic carbocycles. The maximum atomic E-state index is 12.0. The van der Waals surface area contributed by atoms with Crippen molar-refractivity contribution in [2.75, 3.05) is 12.3 Å². The van der Waals surface area contributed by atoms with Gasteiger partial charge in [-0.25, -0.2) is 0 Å². The van der Waals surface area contributed by atoms with Gasteiger partial charge in [0.1, 0.15) is 0 Å². The highest BCUT2D eigenvalue weighted by Crippen LogP contribution is 2.14. The normalized spacial score (nSPS) is 10.8. The fourth-order valence-electron chi connectivity index (χ4n) is 2.12. The SMILES string of the molecule is Cc1nn(C)c(C)c1CC(=O)NCCSCc1ccsc1. The second-order valence-electron chi connectivity index (χ2n) is 4.98. The van der Waals surface area contributed by atoms with E-state index in [-0.39, 0.29) is 5.91 Å². The van der Waals surface area contributed by atoms with Crippen LogP contribution in [0.25, 0.3) is 0 Å². The molecule has 0 fully saturated rings. The molecular weight excluding hydrogens is 302 g/mol. The van der Waals surface area contributed by atoms with Crippen LogP contribution in [-0.2, 0) is 24.0 Å². The van der Waals surface area contributed by atoms with E-state index in [1.54, 1.807) is 11.3 Å². The largest absolute Gasteiger partial charge is 0.355 e. The van der Waals surface area contributed by atoms with Gasteiger partial charge in [0.25, 0.3) is 0 Å². The molecule has 2 aromatic heterocycles. The average molecular weight is 323 g/mol. The Morgan fingerprint density at radius 2 is 2.29 bits per heavy atom. The number of hydrogen-bond acceptors (Lipinski definition) is 4. The first-order chi connectivity index (χ1) is 10.1. The Bertz CT molecular complexity index is 590. The molecule has 1 N–H and O–H groups in total. The highest BCUT2D eigenvalue weighted by Gasteiger charge is 2.12. The smallest absolute Gasteiger partial charge is 0.224 e. The van der Waals surface area contributed by atoms with Crippen LogP contribution in [0.5, 0.6) is 0 Å². The van der Waals surface area contributed by atoms with Crippen LogP contribution in [0.4, 0.5) is 0 Å². The third-order valence-electron chi connectivity index (χ3n) is 3.41. The van der Waals surface area contributed by atoms with Gasteiger partial charge in [0.2, 0.25) is 5.91 Å². The Labute approximate surface area is 133 Å². The maximum Gasteiger partial charge on any atom is 0.224 e. The standard InChI is InChI=1S/C15H21N3OS2/c1-11-14(12(2)18(3)17-11)8-15(19)16-5-7-21-10-13-4-6-20-9-13/h4,6,9H,5,7-8,10H2,1-3H3,(H,16,19). The zero-order valence-electron chi connectivity index (χ0n) is 12.7. The zero-order valence-corrected chi connectivity index (χ0v) is 14.3. The van der Waals surface area contributed by atoms with E-state index in [0.717, 1.165) is 28.5 Å². The summed E-state index contributed by atoms with van der Waals surface area (Å²) in [6.07, 6.45) is 0.417. The van der Waals surface area contributed by atoms with Gasteiger partial charge in [-0.2, -0.15) is 28.2 Å². The van der Waals surface area contributed by atoms with E-state index in [9.17, 15) is 4.79 Å². The highest BCUT2D eigenvalue weighted by molar-refractivity contribution is 7.98. The minimum absolute atomic E-state index is 0.0744. The molecule has 2 rings (SSSR count). The van der Waals surface area contributed by atoms with E-state index in [1.807, 2.05) is 37.3 Å². The van der Waals surface area contributed by atoms with E-state index in [1.165, 1.54) is 5.56 Å². The summed E-state index contributed by atoms with van der Waals surface area (Å²) in [6, 6.07) is 2.14. The number of carbonyl (C=O) groups is 1. The van der Waals surface area contributed by atoms with Crippen LogP contribution in [0.15, 0.2) is 16.8 Å². The van der Waals surface area contributed by atoms with Crippen molar-refractivity contribution < 1.29 is 4.79 Å². The molecule has 2 aromatic rings. The van der Waals surface area contributed by atoms with Crippen molar-refractivity contribution in [2.24, 2.45) is 7.05 Å². The van der Waals surface area contributed by atoms with Crippen molar-refractivity contribution in [3.05, 3.63) is 39.3 Å². The summed E-state index contributed by atoms with van der Waals surface area (Å²) in [6.45, 7) is 4.66. The maximum absolute atomic E-state index is 12.0. The summed E-state index contributed by atoms with van der Waals surface area (Å²) in [4.78, 5) is 12.0. The number of hydrogen-bond donors (Lipinski definition) is 1. The van der Waals surface area contributed by atoms with Crippen LogP contribution < -0.4 is 5.32 Å². The predicted octanol–water partition coefficient (Wildman–Crippen LogP) is 2.69. The minimum Gasteiger partial charge on any atom is -0.355 e. The second-order valence-corrected chi connectivity index (χ2v) is 6.87. The monoisotopic (exact) mass is 323 g/mol. The topological polar surface area (TPSA) is 46.9 Å². The van der Waals surface area contributed by atoms with Crippen molar-refractivity contribution in [2.45, 2.75) is 26.0 Å². The number of carbonyl (C=O) groups excluding carboxylic acids is 1. The number of aromatic nitrogens is 2. The summed E-state index contributed by atoms with van der Waals surface area (Å²) in [5.41, 5.74) is 4.41. The van der Waals surface area contributed by atoms with Gasteiger partial charge in [-0.3, -0.25) is 9.48 Å². The number of thiophene rings is 1. The van der Waals surface area contributed by atoms with Crippen LogP contribution in [0.2, 0.25) is 0 Å². The molecule has 0 saturated carbocycles. The van der Waals surface area contributed by atoms with E-state index >= 15 is 0 Å². The summed E-state index contributed by atoms with van der Waals surface area (Å²) >= 11 is 3.57. The Morgan fingerprint density at radius 3 is 2.90 bits per heavy atom. The van der Waals surface area contributed by atoms with Gasteiger partial charge in [0, 0.05) is 36.4 Å². The molecule has 0 aliphatic carbocycles. The molecule has 0 atom stereocenters. The fourth-order valence-corrected chi connectivity index (χ4v) is 3.70. The van der Waals surface area contributed by atoms with Crippen LogP contribution >= 0.6 is 23.1 Å². The molecule has 4 nitrogen and oxygen atoms in total. The van der Waals surface area contributed by atoms with Crippen LogP contribution in [0, 0.1) is 13.8 Å².